The molecule has 0 spiro atoms. The Kier molecular flexibility index (Phi) is 8.33. The minimum Gasteiger partial charge on any atom is -0.310 e. The molecule has 15 rings (SSSR count). The van der Waals surface area contributed by atoms with E-state index in [0.717, 1.165) is 34.1 Å². The lowest BCUT2D eigenvalue weighted by atomic mass is 10.1. The fraction of sp³-hybridized carbons (Fsp3) is 0. The van der Waals surface area contributed by atoms with Crippen molar-refractivity contribution in [3.63, 3.8) is 0 Å². The number of aromatic nitrogens is 3. The quantitative estimate of drug-likeness (QED) is 0.163. The Balaban J connectivity index is 0.907. The van der Waals surface area contributed by atoms with Gasteiger partial charge in [-0.3, -0.25) is 0 Å². The average molecular weight is 891 g/mol. The first-order chi connectivity index (χ1) is 34.7. The molecule has 326 valence electrons. The molecule has 0 amide bonds. The molecule has 0 bridgehead atoms. The second kappa shape index (κ2) is 15.1. The van der Waals surface area contributed by atoms with Crippen molar-refractivity contribution in [1.82, 2.24) is 13.7 Å². The summed E-state index contributed by atoms with van der Waals surface area (Å²) in [6, 6.07) is 93.5. The van der Waals surface area contributed by atoms with Gasteiger partial charge in [0.1, 0.15) is 0 Å². The van der Waals surface area contributed by atoms with E-state index < -0.39 is 0 Å². The summed E-state index contributed by atoms with van der Waals surface area (Å²) in [5.74, 6) is 0. The molecule has 3 aromatic heterocycles. The lowest BCUT2D eigenvalue weighted by molar-refractivity contribution is 1.16. The Morgan fingerprint density at radius 3 is 0.757 bits per heavy atom. The van der Waals surface area contributed by atoms with Crippen LogP contribution in [0, 0.1) is 0 Å². The van der Waals surface area contributed by atoms with Crippen LogP contribution in [-0.2, 0) is 0 Å². The van der Waals surface area contributed by atoms with Gasteiger partial charge in [-0.1, -0.05) is 164 Å². The summed E-state index contributed by atoms with van der Waals surface area (Å²) in [6.07, 6.45) is 0. The van der Waals surface area contributed by atoms with Crippen molar-refractivity contribution in [3.8, 4) is 17.1 Å². The van der Waals surface area contributed by atoms with Gasteiger partial charge >= 0.3 is 0 Å². The molecule has 0 radical (unpaired) electrons. The minimum absolute atomic E-state index is 1.07. The Morgan fingerprint density at radius 1 is 0.200 bits per heavy atom. The molecule has 0 N–H and O–H groups in total. The van der Waals surface area contributed by atoms with E-state index in [0.29, 0.717) is 0 Å². The molecule has 0 fully saturated rings. The van der Waals surface area contributed by atoms with Gasteiger partial charge in [0.2, 0.25) is 0 Å². The van der Waals surface area contributed by atoms with E-state index in [9.17, 15) is 0 Å². The van der Waals surface area contributed by atoms with Crippen molar-refractivity contribution in [2.75, 3.05) is 4.90 Å². The molecular formula is C66H42N4. The first-order valence-corrected chi connectivity index (χ1v) is 24.1. The van der Waals surface area contributed by atoms with Crippen LogP contribution in [0.3, 0.4) is 0 Å². The molecule has 0 aliphatic heterocycles. The summed E-state index contributed by atoms with van der Waals surface area (Å²) in [5, 5.41) is 15.0. The van der Waals surface area contributed by atoms with E-state index >= 15 is 0 Å². The molecule has 3 heterocycles. The van der Waals surface area contributed by atoms with Crippen molar-refractivity contribution < 1.29 is 0 Å². The number of nitrogens with zero attached hydrogens (tertiary/aromatic N) is 4. The highest BCUT2D eigenvalue weighted by molar-refractivity contribution is 6.21. The Labute approximate surface area is 403 Å². The standard InChI is InChI=1S/C66H42N4/c1-4-16-52-43(13-1)25-40-58-55-19-7-10-22-61(55)68(64(52)58)49-34-28-46(29-35-49)67(47-30-36-50(37-31-47)69-62-23-11-8-20-56(62)59-41-26-44-14-2-5-17-53(44)65(59)69)48-32-38-51(39-33-48)70-63-24-12-9-21-57(63)60-42-27-45-15-3-6-18-54(45)66(60)70/h1-42H. The maximum absolute atomic E-state index is 2.44. The fourth-order valence-electron chi connectivity index (χ4n) is 11.7. The maximum Gasteiger partial charge on any atom is 0.0619 e. The summed E-state index contributed by atoms with van der Waals surface area (Å²) in [6.45, 7) is 0. The van der Waals surface area contributed by atoms with Gasteiger partial charge in [-0.05, 0) is 107 Å². The largest absolute Gasteiger partial charge is 0.310 e. The third-order valence-corrected chi connectivity index (χ3v) is 14.8. The van der Waals surface area contributed by atoms with Gasteiger partial charge in [-0.15, -0.1) is 0 Å². The summed E-state index contributed by atoms with van der Waals surface area (Å²) in [7, 11) is 0. The van der Waals surface area contributed by atoms with Gasteiger partial charge in [-0.2, -0.15) is 0 Å². The number of fused-ring (bicyclic) bond motifs is 15. The summed E-state index contributed by atoms with van der Waals surface area (Å²) in [4.78, 5) is 2.39. The number of hydrogen-bond donors (Lipinski definition) is 0. The second-order valence-electron chi connectivity index (χ2n) is 18.5. The summed E-state index contributed by atoms with van der Waals surface area (Å²) < 4.78 is 7.32. The third-order valence-electron chi connectivity index (χ3n) is 14.8. The summed E-state index contributed by atoms with van der Waals surface area (Å²) in [5.41, 5.74) is 13.8. The van der Waals surface area contributed by atoms with Crippen molar-refractivity contribution in [2.45, 2.75) is 0 Å². The fourth-order valence-corrected chi connectivity index (χ4v) is 11.7. The number of rotatable bonds is 6. The van der Waals surface area contributed by atoms with E-state index in [-0.39, 0.29) is 0 Å². The predicted molar refractivity (Wildman–Crippen MR) is 297 cm³/mol. The molecule has 0 saturated carbocycles. The first-order valence-electron chi connectivity index (χ1n) is 24.1. The lowest BCUT2D eigenvalue weighted by Gasteiger charge is -2.26. The van der Waals surface area contributed by atoms with Crippen LogP contribution in [0.4, 0.5) is 17.1 Å². The van der Waals surface area contributed by atoms with Crippen LogP contribution in [0.1, 0.15) is 0 Å². The molecule has 4 nitrogen and oxygen atoms in total. The highest BCUT2D eigenvalue weighted by Gasteiger charge is 2.21. The molecule has 70 heavy (non-hydrogen) atoms. The molecule has 0 aliphatic rings. The van der Waals surface area contributed by atoms with E-state index in [1.165, 1.54) is 97.7 Å². The molecule has 4 heteroatoms. The van der Waals surface area contributed by atoms with Crippen LogP contribution in [0.15, 0.2) is 255 Å². The van der Waals surface area contributed by atoms with Gasteiger partial charge in [-0.25, -0.2) is 0 Å². The van der Waals surface area contributed by atoms with E-state index in [4.69, 9.17) is 0 Å². The number of para-hydroxylation sites is 3. The van der Waals surface area contributed by atoms with Crippen molar-refractivity contribution in [1.29, 1.82) is 0 Å². The zero-order valence-electron chi connectivity index (χ0n) is 38.0. The van der Waals surface area contributed by atoms with Gasteiger partial charge in [0.25, 0.3) is 0 Å². The number of benzene rings is 12. The molecule has 0 unspecified atom stereocenters. The highest BCUT2D eigenvalue weighted by Crippen LogP contribution is 2.43. The van der Waals surface area contributed by atoms with Crippen molar-refractivity contribution in [3.05, 3.63) is 255 Å². The Morgan fingerprint density at radius 2 is 0.457 bits per heavy atom. The van der Waals surface area contributed by atoms with Gasteiger partial charge < -0.3 is 18.6 Å². The molecular weight excluding hydrogens is 849 g/mol. The average Bonchev–Trinajstić information content (AvgIpc) is 4.08. The molecule has 0 aliphatic carbocycles. The Hall–Kier alpha value is -9.38. The zero-order chi connectivity index (χ0) is 45.9. The van der Waals surface area contributed by atoms with E-state index in [1.54, 1.807) is 0 Å². The maximum atomic E-state index is 2.44. The predicted octanol–water partition coefficient (Wildman–Crippen LogP) is 17.9. The SMILES string of the molecule is c1ccc2c(c1)ccc1c3ccccc3n(-c3ccc(N(c4ccc(-n5c6ccccc6c6ccc7ccccc7c65)cc4)c4ccc(-n5c6ccccc6c6ccc7ccccc7c65)cc4)cc3)c21. The highest BCUT2D eigenvalue weighted by atomic mass is 15.1. The molecule has 0 saturated heterocycles. The van der Waals surface area contributed by atoms with Gasteiger partial charge in [0.05, 0.1) is 33.1 Å². The summed E-state index contributed by atoms with van der Waals surface area (Å²) >= 11 is 0. The lowest BCUT2D eigenvalue weighted by Crippen LogP contribution is -2.10. The van der Waals surface area contributed by atoms with E-state index in [2.05, 4.69) is 273 Å². The first kappa shape index (κ1) is 38.7. The van der Waals surface area contributed by atoms with Crippen molar-refractivity contribution in [2.24, 2.45) is 0 Å². The number of hydrogen-bond acceptors (Lipinski definition) is 1. The minimum atomic E-state index is 1.07. The van der Waals surface area contributed by atoms with Crippen LogP contribution >= 0.6 is 0 Å². The zero-order valence-corrected chi connectivity index (χ0v) is 38.0. The van der Waals surface area contributed by atoms with Crippen LogP contribution in [0.2, 0.25) is 0 Å². The monoisotopic (exact) mass is 890 g/mol. The van der Waals surface area contributed by atoms with Crippen LogP contribution in [0.5, 0.6) is 0 Å². The van der Waals surface area contributed by atoms with Crippen LogP contribution < -0.4 is 4.90 Å². The smallest absolute Gasteiger partial charge is 0.0619 e. The Bertz CT molecular complexity index is 4100. The molecule has 15 aromatic rings. The van der Waals surface area contributed by atoms with Crippen molar-refractivity contribution >= 4 is 115 Å². The number of anilines is 3. The third kappa shape index (κ3) is 5.65. The second-order valence-corrected chi connectivity index (χ2v) is 18.5. The van der Waals surface area contributed by atoms with E-state index in [1.807, 2.05) is 0 Å². The van der Waals surface area contributed by atoms with Gasteiger partial charge in [0.15, 0.2) is 0 Å². The normalized spacial score (nSPS) is 12.0. The van der Waals surface area contributed by atoms with Crippen LogP contribution in [-0.4, -0.2) is 13.7 Å². The molecule has 0 atom stereocenters. The topological polar surface area (TPSA) is 18.0 Å². The molecule has 12 aromatic carbocycles. The van der Waals surface area contributed by atoms with Crippen LogP contribution in [0.25, 0.3) is 115 Å². The van der Waals surface area contributed by atoms with Gasteiger partial charge in [0, 0.05) is 82.6 Å².